The van der Waals surface area contributed by atoms with E-state index >= 15 is 0 Å². The lowest BCUT2D eigenvalue weighted by Gasteiger charge is -2.10. The van der Waals surface area contributed by atoms with Crippen LogP contribution in [0.2, 0.25) is 0 Å². The molecule has 0 aliphatic heterocycles. The standard InChI is InChI=1S/C11H9BrFN3OS/c12-9-7(11(14)18)1-2-8(10(9)13)15-5-6-3-4-17-16-6/h1-4,15H,5H2,(H2,14,18). The lowest BCUT2D eigenvalue weighted by atomic mass is 10.2. The van der Waals surface area contributed by atoms with Crippen molar-refractivity contribution in [2.75, 3.05) is 5.32 Å². The number of nitrogens with two attached hydrogens (primary N) is 1. The van der Waals surface area contributed by atoms with Crippen molar-refractivity contribution in [1.82, 2.24) is 5.16 Å². The third-order valence-electron chi connectivity index (χ3n) is 2.30. The van der Waals surface area contributed by atoms with Crippen LogP contribution in [-0.4, -0.2) is 10.1 Å². The van der Waals surface area contributed by atoms with Crippen LogP contribution in [0.3, 0.4) is 0 Å². The highest BCUT2D eigenvalue weighted by Crippen LogP contribution is 2.27. The van der Waals surface area contributed by atoms with E-state index in [2.05, 4.69) is 30.9 Å². The van der Waals surface area contributed by atoms with Gasteiger partial charge in [-0.1, -0.05) is 17.4 Å². The zero-order chi connectivity index (χ0) is 13.1. The lowest BCUT2D eigenvalue weighted by Crippen LogP contribution is -2.12. The number of nitrogens with zero attached hydrogens (tertiary/aromatic N) is 1. The topological polar surface area (TPSA) is 64.1 Å². The van der Waals surface area contributed by atoms with Gasteiger partial charge < -0.3 is 15.6 Å². The van der Waals surface area contributed by atoms with Gasteiger partial charge in [-0.3, -0.25) is 0 Å². The quantitative estimate of drug-likeness (QED) is 0.844. The second kappa shape index (κ2) is 5.45. The summed E-state index contributed by atoms with van der Waals surface area (Å²) in [4.78, 5) is 0.142. The predicted octanol–water partition coefficient (Wildman–Crippen LogP) is 2.82. The largest absolute Gasteiger partial charge is 0.389 e. The molecule has 0 aliphatic rings. The average Bonchev–Trinajstić information content (AvgIpc) is 2.83. The summed E-state index contributed by atoms with van der Waals surface area (Å²) >= 11 is 7.95. The highest BCUT2D eigenvalue weighted by atomic mass is 79.9. The lowest BCUT2D eigenvalue weighted by molar-refractivity contribution is 0.412. The SMILES string of the molecule is NC(=S)c1ccc(NCc2ccon2)c(F)c1Br. The van der Waals surface area contributed by atoms with Gasteiger partial charge in [0.15, 0.2) is 5.82 Å². The fraction of sp³-hybridized carbons (Fsp3) is 0.0909. The van der Waals surface area contributed by atoms with Gasteiger partial charge in [0, 0.05) is 11.6 Å². The van der Waals surface area contributed by atoms with Crippen LogP contribution in [0.25, 0.3) is 0 Å². The van der Waals surface area contributed by atoms with Crippen molar-refractivity contribution in [2.45, 2.75) is 6.54 Å². The van der Waals surface area contributed by atoms with E-state index in [4.69, 9.17) is 18.0 Å². The Kier molecular flexibility index (Phi) is 3.93. The van der Waals surface area contributed by atoms with Gasteiger partial charge in [-0.25, -0.2) is 4.39 Å². The number of thiocarbonyl (C=S) groups is 1. The number of benzene rings is 1. The summed E-state index contributed by atoms with van der Waals surface area (Å²) in [5.41, 5.74) is 6.97. The molecule has 0 aliphatic carbocycles. The molecule has 7 heteroatoms. The van der Waals surface area contributed by atoms with E-state index in [1.54, 1.807) is 18.2 Å². The van der Waals surface area contributed by atoms with Crippen molar-refractivity contribution >= 4 is 38.8 Å². The Morgan fingerprint density at radius 3 is 2.89 bits per heavy atom. The maximum Gasteiger partial charge on any atom is 0.161 e. The number of hydrogen-bond donors (Lipinski definition) is 2. The summed E-state index contributed by atoms with van der Waals surface area (Å²) in [6.07, 6.45) is 1.46. The average molecular weight is 330 g/mol. The van der Waals surface area contributed by atoms with Gasteiger partial charge in [0.05, 0.1) is 16.7 Å². The monoisotopic (exact) mass is 329 g/mol. The van der Waals surface area contributed by atoms with E-state index < -0.39 is 5.82 Å². The van der Waals surface area contributed by atoms with Gasteiger partial charge in [-0.05, 0) is 28.1 Å². The Bertz CT molecular complexity index is 574. The fourth-order valence-electron chi connectivity index (χ4n) is 1.39. The molecule has 1 heterocycles. The predicted molar refractivity (Wildman–Crippen MR) is 73.8 cm³/mol. The molecule has 1 aromatic carbocycles. The molecule has 0 saturated heterocycles. The van der Waals surface area contributed by atoms with E-state index in [9.17, 15) is 4.39 Å². The Morgan fingerprint density at radius 1 is 1.50 bits per heavy atom. The van der Waals surface area contributed by atoms with Gasteiger partial charge in [-0.2, -0.15) is 0 Å². The third-order valence-corrected chi connectivity index (χ3v) is 3.29. The summed E-state index contributed by atoms with van der Waals surface area (Å²) in [7, 11) is 0. The Morgan fingerprint density at radius 2 is 2.28 bits per heavy atom. The minimum atomic E-state index is -0.441. The maximum atomic E-state index is 14.0. The molecule has 0 spiro atoms. The summed E-state index contributed by atoms with van der Waals surface area (Å²) in [6.45, 7) is 0.367. The van der Waals surface area contributed by atoms with Crippen molar-refractivity contribution in [3.05, 3.63) is 46.0 Å². The molecule has 94 valence electrons. The summed E-state index contributed by atoms with van der Waals surface area (Å²) in [6, 6.07) is 4.93. The van der Waals surface area contributed by atoms with Crippen molar-refractivity contribution in [2.24, 2.45) is 5.73 Å². The first kappa shape index (κ1) is 13.0. The van der Waals surface area contributed by atoms with Gasteiger partial charge in [-0.15, -0.1) is 0 Å². The Labute approximate surface area is 116 Å². The van der Waals surface area contributed by atoms with E-state index in [1.165, 1.54) is 6.26 Å². The van der Waals surface area contributed by atoms with E-state index in [1.807, 2.05) is 0 Å². The smallest absolute Gasteiger partial charge is 0.161 e. The zero-order valence-corrected chi connectivity index (χ0v) is 11.5. The minimum absolute atomic E-state index is 0.142. The van der Waals surface area contributed by atoms with Gasteiger partial charge >= 0.3 is 0 Å². The van der Waals surface area contributed by atoms with Crippen LogP contribution in [0.5, 0.6) is 0 Å². The molecular weight excluding hydrogens is 321 g/mol. The first-order valence-corrected chi connectivity index (χ1v) is 6.20. The number of hydrogen-bond acceptors (Lipinski definition) is 4. The fourth-order valence-corrected chi connectivity index (χ4v) is 2.25. The highest BCUT2D eigenvalue weighted by Gasteiger charge is 2.12. The first-order valence-electron chi connectivity index (χ1n) is 5.00. The normalized spacial score (nSPS) is 10.3. The van der Waals surface area contributed by atoms with Crippen LogP contribution in [0.4, 0.5) is 10.1 Å². The second-order valence-electron chi connectivity index (χ2n) is 3.50. The van der Waals surface area contributed by atoms with E-state index in [0.717, 1.165) is 0 Å². The maximum absolute atomic E-state index is 14.0. The molecule has 2 rings (SSSR count). The molecule has 4 nitrogen and oxygen atoms in total. The minimum Gasteiger partial charge on any atom is -0.389 e. The third kappa shape index (κ3) is 2.68. The molecule has 0 bridgehead atoms. The number of nitrogens with one attached hydrogen (secondary N) is 1. The Hall–Kier alpha value is -1.47. The molecule has 0 radical (unpaired) electrons. The number of halogens is 2. The zero-order valence-electron chi connectivity index (χ0n) is 9.11. The number of rotatable bonds is 4. The van der Waals surface area contributed by atoms with E-state index in [-0.39, 0.29) is 9.46 Å². The van der Waals surface area contributed by atoms with Gasteiger partial charge in [0.1, 0.15) is 16.9 Å². The molecule has 18 heavy (non-hydrogen) atoms. The van der Waals surface area contributed by atoms with Crippen molar-refractivity contribution in [3.63, 3.8) is 0 Å². The van der Waals surface area contributed by atoms with Crippen molar-refractivity contribution in [3.8, 4) is 0 Å². The molecule has 0 unspecified atom stereocenters. The molecule has 0 atom stereocenters. The molecule has 0 saturated carbocycles. The Balaban J connectivity index is 2.19. The van der Waals surface area contributed by atoms with Crippen LogP contribution in [-0.2, 0) is 6.54 Å². The molecule has 0 fully saturated rings. The summed E-state index contributed by atoms with van der Waals surface area (Å²) < 4.78 is 18.9. The molecule has 3 N–H and O–H groups in total. The van der Waals surface area contributed by atoms with E-state index in [0.29, 0.717) is 23.5 Å². The summed E-state index contributed by atoms with van der Waals surface area (Å²) in [5.74, 6) is -0.441. The van der Waals surface area contributed by atoms with Gasteiger partial charge in [0.25, 0.3) is 0 Å². The summed E-state index contributed by atoms with van der Waals surface area (Å²) in [5, 5.41) is 6.63. The van der Waals surface area contributed by atoms with Crippen molar-refractivity contribution in [1.29, 1.82) is 0 Å². The molecule has 2 aromatic rings. The first-order chi connectivity index (χ1) is 8.59. The molecule has 0 amide bonds. The molecular formula is C11H9BrFN3OS. The van der Waals surface area contributed by atoms with Crippen molar-refractivity contribution < 1.29 is 8.91 Å². The highest BCUT2D eigenvalue weighted by molar-refractivity contribution is 9.10. The number of anilines is 1. The number of aromatic nitrogens is 1. The van der Waals surface area contributed by atoms with Crippen LogP contribution in [0.1, 0.15) is 11.3 Å². The van der Waals surface area contributed by atoms with Gasteiger partial charge in [0.2, 0.25) is 0 Å². The van der Waals surface area contributed by atoms with Crippen LogP contribution < -0.4 is 11.1 Å². The van der Waals surface area contributed by atoms with Crippen LogP contribution in [0.15, 0.2) is 33.5 Å². The second-order valence-corrected chi connectivity index (χ2v) is 4.73. The molecule has 1 aromatic heterocycles. The van der Waals surface area contributed by atoms with Crippen LogP contribution in [0, 0.1) is 5.82 Å². The van der Waals surface area contributed by atoms with Crippen LogP contribution >= 0.6 is 28.1 Å².